The summed E-state index contributed by atoms with van der Waals surface area (Å²) in [6, 6.07) is 13.5. The highest BCUT2D eigenvalue weighted by atomic mass is 32.2. The molecule has 2 aromatic heterocycles. The highest BCUT2D eigenvalue weighted by molar-refractivity contribution is 7.99. The van der Waals surface area contributed by atoms with Crippen molar-refractivity contribution < 1.29 is 9.59 Å². The fourth-order valence-electron chi connectivity index (χ4n) is 2.42. The van der Waals surface area contributed by atoms with E-state index in [2.05, 4.69) is 32.7 Å². The van der Waals surface area contributed by atoms with E-state index in [1.54, 1.807) is 11.3 Å². The van der Waals surface area contributed by atoms with Crippen LogP contribution in [0.4, 0.5) is 4.79 Å². The van der Waals surface area contributed by atoms with Gasteiger partial charge in [-0.2, -0.15) is 0 Å². The smallest absolute Gasteiger partial charge is 0.321 e. The van der Waals surface area contributed by atoms with Crippen LogP contribution in [0.5, 0.6) is 0 Å². The van der Waals surface area contributed by atoms with Crippen molar-refractivity contribution in [2.75, 3.05) is 5.75 Å². The first-order valence-corrected chi connectivity index (χ1v) is 10.3. The molecule has 0 saturated heterocycles. The standard InChI is InChI=1S/C19H20N4O2S2/c1-13-16(10-14-6-3-2-4-7-14)22-19(21-13)27-12-17(24)23-18(25)20-11-15-8-5-9-26-15/h2-9H,10-12H2,1H3,(H,21,22)(H2,20,23,24,25). The van der Waals surface area contributed by atoms with Gasteiger partial charge in [0.15, 0.2) is 5.16 Å². The van der Waals surface area contributed by atoms with Crippen LogP contribution in [-0.4, -0.2) is 27.7 Å². The number of thioether (sulfide) groups is 1. The van der Waals surface area contributed by atoms with Crippen molar-refractivity contribution in [3.63, 3.8) is 0 Å². The summed E-state index contributed by atoms with van der Waals surface area (Å²) >= 11 is 2.83. The van der Waals surface area contributed by atoms with Gasteiger partial charge in [0.2, 0.25) is 5.91 Å². The van der Waals surface area contributed by atoms with E-state index < -0.39 is 6.03 Å². The SMILES string of the molecule is Cc1[nH]c(SCC(=O)NC(=O)NCc2cccs2)nc1Cc1ccccc1. The van der Waals surface area contributed by atoms with Crippen molar-refractivity contribution in [1.82, 2.24) is 20.6 Å². The molecule has 0 aliphatic carbocycles. The van der Waals surface area contributed by atoms with E-state index in [-0.39, 0.29) is 11.7 Å². The van der Waals surface area contributed by atoms with Crippen molar-refractivity contribution in [3.8, 4) is 0 Å². The van der Waals surface area contributed by atoms with Crippen LogP contribution >= 0.6 is 23.1 Å². The Bertz CT molecular complexity index is 892. The van der Waals surface area contributed by atoms with E-state index in [0.29, 0.717) is 11.7 Å². The number of nitrogens with one attached hydrogen (secondary N) is 3. The Kier molecular flexibility index (Phi) is 6.67. The molecule has 27 heavy (non-hydrogen) atoms. The number of carbonyl (C=O) groups is 2. The second kappa shape index (κ2) is 9.38. The Balaban J connectivity index is 1.44. The van der Waals surface area contributed by atoms with Gasteiger partial charge >= 0.3 is 6.03 Å². The van der Waals surface area contributed by atoms with Crippen molar-refractivity contribution >= 4 is 35.0 Å². The number of carbonyl (C=O) groups excluding carboxylic acids is 2. The number of aromatic amines is 1. The predicted molar refractivity (Wildman–Crippen MR) is 108 cm³/mol. The van der Waals surface area contributed by atoms with Gasteiger partial charge in [-0.1, -0.05) is 48.2 Å². The van der Waals surface area contributed by atoms with Crippen molar-refractivity contribution in [2.24, 2.45) is 0 Å². The lowest BCUT2D eigenvalue weighted by molar-refractivity contribution is -0.117. The van der Waals surface area contributed by atoms with E-state index >= 15 is 0 Å². The Labute approximate surface area is 165 Å². The Morgan fingerprint density at radius 2 is 2.00 bits per heavy atom. The van der Waals surface area contributed by atoms with Crippen LogP contribution in [0.2, 0.25) is 0 Å². The molecule has 0 aliphatic rings. The average molecular weight is 401 g/mol. The Hall–Kier alpha value is -2.58. The molecule has 0 unspecified atom stereocenters. The number of benzene rings is 1. The van der Waals surface area contributed by atoms with Gasteiger partial charge in [-0.25, -0.2) is 9.78 Å². The normalized spacial score (nSPS) is 10.6. The summed E-state index contributed by atoms with van der Waals surface area (Å²) in [6.45, 7) is 2.37. The van der Waals surface area contributed by atoms with Gasteiger partial charge in [-0.05, 0) is 23.9 Å². The second-order valence-electron chi connectivity index (χ2n) is 5.87. The number of nitrogens with zero attached hydrogens (tertiary/aromatic N) is 1. The predicted octanol–water partition coefficient (Wildman–Crippen LogP) is 3.49. The van der Waals surface area contributed by atoms with Crippen molar-refractivity contribution in [3.05, 3.63) is 69.7 Å². The van der Waals surface area contributed by atoms with Gasteiger partial charge in [-0.15, -0.1) is 11.3 Å². The third-order valence-corrected chi connectivity index (χ3v) is 5.52. The quantitative estimate of drug-likeness (QED) is 0.530. The molecule has 6 nitrogen and oxygen atoms in total. The van der Waals surface area contributed by atoms with Gasteiger partial charge in [-0.3, -0.25) is 10.1 Å². The molecule has 140 valence electrons. The van der Waals surface area contributed by atoms with Crippen LogP contribution in [0.3, 0.4) is 0 Å². The average Bonchev–Trinajstić information content (AvgIpc) is 3.29. The largest absolute Gasteiger partial charge is 0.337 e. The molecule has 2 heterocycles. The van der Waals surface area contributed by atoms with Crippen LogP contribution in [0, 0.1) is 6.92 Å². The number of imidazole rings is 1. The summed E-state index contributed by atoms with van der Waals surface area (Å²) in [7, 11) is 0. The number of urea groups is 1. The fraction of sp³-hybridized carbons (Fsp3) is 0.211. The molecule has 0 bridgehead atoms. The van der Waals surface area contributed by atoms with Gasteiger partial charge < -0.3 is 10.3 Å². The van der Waals surface area contributed by atoms with Gasteiger partial charge in [0, 0.05) is 17.0 Å². The number of aromatic nitrogens is 2. The molecule has 1 aromatic carbocycles. The Morgan fingerprint density at radius 3 is 2.74 bits per heavy atom. The number of rotatable bonds is 7. The molecular weight excluding hydrogens is 380 g/mol. The molecule has 0 spiro atoms. The summed E-state index contributed by atoms with van der Waals surface area (Å²) in [4.78, 5) is 32.5. The van der Waals surface area contributed by atoms with E-state index in [4.69, 9.17) is 0 Å². The van der Waals surface area contributed by atoms with Crippen LogP contribution in [0.1, 0.15) is 21.8 Å². The first kappa shape index (κ1) is 19.2. The van der Waals surface area contributed by atoms with E-state index in [0.717, 1.165) is 22.7 Å². The van der Waals surface area contributed by atoms with Gasteiger partial charge in [0.25, 0.3) is 0 Å². The molecule has 0 saturated carbocycles. The zero-order valence-electron chi connectivity index (χ0n) is 14.8. The van der Waals surface area contributed by atoms with Crippen molar-refractivity contribution in [2.45, 2.75) is 25.0 Å². The summed E-state index contributed by atoms with van der Waals surface area (Å²) in [5.74, 6) is -0.244. The first-order valence-electron chi connectivity index (χ1n) is 8.42. The molecule has 0 fully saturated rings. The minimum Gasteiger partial charge on any atom is -0.337 e. The van der Waals surface area contributed by atoms with Crippen LogP contribution in [0.15, 0.2) is 53.0 Å². The molecule has 3 N–H and O–H groups in total. The molecule has 0 radical (unpaired) electrons. The summed E-state index contributed by atoms with van der Waals surface area (Å²) in [5.41, 5.74) is 3.12. The molecule has 3 aromatic rings. The van der Waals surface area contributed by atoms with Gasteiger partial charge in [0.1, 0.15) is 0 Å². The molecule has 3 amide bonds. The maximum Gasteiger partial charge on any atom is 0.321 e. The number of hydrogen-bond acceptors (Lipinski definition) is 5. The van der Waals surface area contributed by atoms with Crippen LogP contribution in [-0.2, 0) is 17.8 Å². The summed E-state index contributed by atoms with van der Waals surface area (Å²) < 4.78 is 0. The number of hydrogen-bond donors (Lipinski definition) is 3. The molecule has 0 atom stereocenters. The number of thiophene rings is 1. The lowest BCUT2D eigenvalue weighted by atomic mass is 10.1. The number of amides is 3. The minimum absolute atomic E-state index is 0.115. The van der Waals surface area contributed by atoms with E-state index in [1.807, 2.05) is 42.6 Å². The molecular formula is C19H20N4O2S2. The van der Waals surface area contributed by atoms with Crippen LogP contribution < -0.4 is 10.6 Å². The number of imide groups is 1. The number of H-pyrrole nitrogens is 1. The van der Waals surface area contributed by atoms with Crippen LogP contribution in [0.25, 0.3) is 0 Å². The molecule has 0 aliphatic heterocycles. The van der Waals surface area contributed by atoms with E-state index in [1.165, 1.54) is 17.3 Å². The second-order valence-corrected chi connectivity index (χ2v) is 7.87. The zero-order valence-corrected chi connectivity index (χ0v) is 16.5. The maximum absolute atomic E-state index is 11.9. The molecule has 8 heteroatoms. The van der Waals surface area contributed by atoms with E-state index in [9.17, 15) is 9.59 Å². The lowest BCUT2D eigenvalue weighted by Gasteiger charge is -2.05. The topological polar surface area (TPSA) is 86.9 Å². The highest BCUT2D eigenvalue weighted by Gasteiger charge is 2.12. The monoisotopic (exact) mass is 400 g/mol. The summed E-state index contributed by atoms with van der Waals surface area (Å²) in [5, 5.41) is 7.60. The molecule has 3 rings (SSSR count). The highest BCUT2D eigenvalue weighted by Crippen LogP contribution is 2.18. The van der Waals surface area contributed by atoms with Gasteiger partial charge in [0.05, 0.1) is 18.0 Å². The maximum atomic E-state index is 11.9. The number of aryl methyl sites for hydroxylation is 1. The Morgan fingerprint density at radius 1 is 1.19 bits per heavy atom. The first-order chi connectivity index (χ1) is 13.1. The third kappa shape index (κ3) is 5.97. The summed E-state index contributed by atoms with van der Waals surface area (Å²) in [6.07, 6.45) is 0.737. The van der Waals surface area contributed by atoms with Crippen molar-refractivity contribution in [1.29, 1.82) is 0 Å². The zero-order chi connectivity index (χ0) is 19.1. The third-order valence-electron chi connectivity index (χ3n) is 3.77. The minimum atomic E-state index is -0.491. The fourth-order valence-corrected chi connectivity index (χ4v) is 3.80. The lowest BCUT2D eigenvalue weighted by Crippen LogP contribution is -2.39.